The van der Waals surface area contributed by atoms with E-state index in [1.54, 1.807) is 24.0 Å². The van der Waals surface area contributed by atoms with Crippen LogP contribution in [0.25, 0.3) is 0 Å². The molecule has 5 aliphatic carbocycles. The summed E-state index contributed by atoms with van der Waals surface area (Å²) in [5.41, 5.74) is 2.57. The fourth-order valence-corrected chi connectivity index (χ4v) is 11.6. The first-order valence-electron chi connectivity index (χ1n) is 15.9. The molecular weight excluding hydrogens is 498 g/mol. The number of rotatable bonds is 3. The Kier molecular flexibility index (Phi) is 6.19. The minimum absolute atomic E-state index is 0.0604. The van der Waals surface area contributed by atoms with E-state index in [0.717, 1.165) is 50.5 Å². The number of ketones is 1. The maximum atomic E-state index is 13.8. The van der Waals surface area contributed by atoms with Crippen molar-refractivity contribution in [1.82, 2.24) is 15.1 Å². The van der Waals surface area contributed by atoms with Crippen LogP contribution in [0.4, 0.5) is 0 Å². The van der Waals surface area contributed by atoms with E-state index in [0.29, 0.717) is 29.9 Å². The van der Waals surface area contributed by atoms with Crippen molar-refractivity contribution in [2.45, 2.75) is 118 Å². The van der Waals surface area contributed by atoms with Crippen LogP contribution < -0.4 is 5.32 Å². The van der Waals surface area contributed by atoms with Gasteiger partial charge in [0.2, 0.25) is 0 Å². The average Bonchev–Trinajstić information content (AvgIpc) is 3.42. The van der Waals surface area contributed by atoms with Crippen LogP contribution in [-0.2, 0) is 11.8 Å². The monoisotopic (exact) mass is 549 g/mol. The Hall–Kier alpha value is -1.95. The number of nitrogens with zero attached hydrogens (tertiary/aromatic N) is 2. The molecule has 40 heavy (non-hydrogen) atoms. The van der Waals surface area contributed by atoms with Crippen molar-refractivity contribution in [1.29, 1.82) is 0 Å². The van der Waals surface area contributed by atoms with Crippen LogP contribution in [0.5, 0.6) is 0 Å². The minimum Gasteiger partial charge on any atom is -0.393 e. The number of aliphatic hydroxyl groups excluding tert-OH is 1. The second kappa shape index (κ2) is 8.78. The molecule has 1 aromatic heterocycles. The number of aryl methyl sites for hydroxylation is 1. The van der Waals surface area contributed by atoms with Crippen LogP contribution >= 0.6 is 0 Å². The highest BCUT2D eigenvalue weighted by Gasteiger charge is 2.70. The van der Waals surface area contributed by atoms with Crippen LogP contribution in [-0.4, -0.2) is 38.2 Å². The summed E-state index contributed by atoms with van der Waals surface area (Å²) in [6.45, 7) is 16.6. The Morgan fingerprint density at radius 2 is 1.73 bits per heavy atom. The van der Waals surface area contributed by atoms with Crippen molar-refractivity contribution in [2.24, 2.45) is 52.4 Å². The smallest absolute Gasteiger partial charge is 0.270 e. The van der Waals surface area contributed by atoms with Gasteiger partial charge in [0.05, 0.1) is 11.6 Å². The van der Waals surface area contributed by atoms with Crippen LogP contribution in [0.3, 0.4) is 0 Å². The van der Waals surface area contributed by atoms with E-state index in [-0.39, 0.29) is 45.4 Å². The molecule has 1 amide bonds. The molecule has 2 N–H and O–H groups in total. The molecule has 220 valence electrons. The SMILES string of the molecule is CC(C)C1=C2[C@H]3CC[C@@H]4[C@@]5(C)CC[C@H](O)C(C)(C)[C@@H]5CC[C@@]4(C)[C@]3(C)CC[C@@]2(NC(=O)c2ccnn2C)CC1=O. The molecule has 5 aliphatic rings. The Bertz CT molecular complexity index is 1280. The molecule has 0 bridgehead atoms. The normalized spacial score (nSPS) is 44.1. The van der Waals surface area contributed by atoms with E-state index in [1.807, 2.05) is 0 Å². The van der Waals surface area contributed by atoms with Gasteiger partial charge in [0.15, 0.2) is 5.78 Å². The molecule has 1 aromatic rings. The van der Waals surface area contributed by atoms with Crippen molar-refractivity contribution in [3.8, 4) is 0 Å². The molecule has 6 heteroatoms. The number of Topliss-reactive ketones (excluding diaryl/α,β-unsaturated/α-hetero) is 1. The number of aromatic nitrogens is 2. The molecule has 0 aliphatic heterocycles. The average molecular weight is 550 g/mol. The second-order valence-electron chi connectivity index (χ2n) is 15.9. The molecule has 4 fully saturated rings. The Balaban J connectivity index is 1.42. The first kappa shape index (κ1) is 28.2. The van der Waals surface area contributed by atoms with Gasteiger partial charge in [-0.1, -0.05) is 48.5 Å². The van der Waals surface area contributed by atoms with Crippen LogP contribution in [0.15, 0.2) is 23.4 Å². The lowest BCUT2D eigenvalue weighted by Gasteiger charge is -2.72. The summed E-state index contributed by atoms with van der Waals surface area (Å²) in [5, 5.41) is 18.7. The minimum atomic E-state index is -0.594. The Labute approximate surface area is 240 Å². The number of amides is 1. The topological polar surface area (TPSA) is 84.2 Å². The molecule has 0 aromatic carbocycles. The van der Waals surface area contributed by atoms with E-state index in [2.05, 4.69) is 58.9 Å². The molecule has 8 atom stereocenters. The van der Waals surface area contributed by atoms with E-state index in [4.69, 9.17) is 0 Å². The first-order valence-corrected chi connectivity index (χ1v) is 15.9. The van der Waals surface area contributed by atoms with E-state index in [1.165, 1.54) is 12.0 Å². The number of carbonyl (C=O) groups excluding carboxylic acids is 2. The van der Waals surface area contributed by atoms with E-state index in [9.17, 15) is 14.7 Å². The van der Waals surface area contributed by atoms with Crippen molar-refractivity contribution < 1.29 is 14.7 Å². The number of nitrogens with one attached hydrogen (secondary N) is 1. The summed E-state index contributed by atoms with van der Waals surface area (Å²) < 4.78 is 1.62. The van der Waals surface area contributed by atoms with Gasteiger partial charge in [0.25, 0.3) is 5.91 Å². The lowest BCUT2D eigenvalue weighted by molar-refractivity contribution is -0.226. The number of hydrogen-bond donors (Lipinski definition) is 2. The van der Waals surface area contributed by atoms with Gasteiger partial charge in [-0.2, -0.15) is 5.10 Å². The van der Waals surface area contributed by atoms with Crippen LogP contribution in [0, 0.1) is 45.3 Å². The lowest BCUT2D eigenvalue weighted by Crippen LogP contribution is -2.67. The van der Waals surface area contributed by atoms with Crippen molar-refractivity contribution in [3.05, 3.63) is 29.1 Å². The molecule has 0 saturated heterocycles. The number of fused-ring (bicyclic) bond motifs is 7. The van der Waals surface area contributed by atoms with Gasteiger partial charge in [-0.15, -0.1) is 0 Å². The molecule has 0 unspecified atom stereocenters. The van der Waals surface area contributed by atoms with Crippen molar-refractivity contribution in [3.63, 3.8) is 0 Å². The van der Waals surface area contributed by atoms with Crippen LogP contribution in [0.2, 0.25) is 0 Å². The van der Waals surface area contributed by atoms with Gasteiger partial charge in [-0.3, -0.25) is 14.3 Å². The number of hydrogen-bond acceptors (Lipinski definition) is 4. The van der Waals surface area contributed by atoms with Gasteiger partial charge in [-0.25, -0.2) is 0 Å². The third kappa shape index (κ3) is 3.47. The van der Waals surface area contributed by atoms with Crippen molar-refractivity contribution >= 4 is 11.7 Å². The zero-order chi connectivity index (χ0) is 29.0. The number of aliphatic hydroxyl groups is 1. The van der Waals surface area contributed by atoms with E-state index >= 15 is 0 Å². The highest BCUT2D eigenvalue weighted by atomic mass is 16.3. The van der Waals surface area contributed by atoms with Gasteiger partial charge in [0.1, 0.15) is 5.69 Å². The third-order valence-electron chi connectivity index (χ3n) is 13.8. The maximum absolute atomic E-state index is 13.8. The summed E-state index contributed by atoms with van der Waals surface area (Å²) >= 11 is 0. The van der Waals surface area contributed by atoms with Crippen LogP contribution in [0.1, 0.15) is 117 Å². The summed E-state index contributed by atoms with van der Waals surface area (Å²) in [6, 6.07) is 1.76. The van der Waals surface area contributed by atoms with Gasteiger partial charge in [-0.05, 0) is 114 Å². The number of carbonyl (C=O) groups is 2. The summed E-state index contributed by atoms with van der Waals surface area (Å²) in [7, 11) is 1.80. The highest BCUT2D eigenvalue weighted by molar-refractivity contribution is 6.03. The predicted octanol–water partition coefficient (Wildman–Crippen LogP) is 6.24. The Morgan fingerprint density at radius 1 is 1.00 bits per heavy atom. The zero-order valence-electron chi connectivity index (χ0n) is 26.1. The predicted molar refractivity (Wildman–Crippen MR) is 156 cm³/mol. The molecule has 6 rings (SSSR count). The van der Waals surface area contributed by atoms with Gasteiger partial charge >= 0.3 is 0 Å². The maximum Gasteiger partial charge on any atom is 0.270 e. The lowest BCUT2D eigenvalue weighted by atomic mass is 9.33. The highest BCUT2D eigenvalue weighted by Crippen LogP contribution is 2.75. The Morgan fingerprint density at radius 3 is 2.38 bits per heavy atom. The molecule has 0 radical (unpaired) electrons. The zero-order valence-corrected chi connectivity index (χ0v) is 26.1. The van der Waals surface area contributed by atoms with E-state index < -0.39 is 5.54 Å². The van der Waals surface area contributed by atoms with Gasteiger partial charge in [0, 0.05) is 19.7 Å². The molecular formula is C34H51N3O3. The second-order valence-corrected chi connectivity index (χ2v) is 15.9. The molecule has 6 nitrogen and oxygen atoms in total. The molecule has 1 heterocycles. The molecule has 4 saturated carbocycles. The largest absolute Gasteiger partial charge is 0.393 e. The quantitative estimate of drug-likeness (QED) is 0.467. The molecule has 0 spiro atoms. The summed E-state index contributed by atoms with van der Waals surface area (Å²) in [6.07, 6.45) is 10.2. The standard InChI is InChI=1S/C34H51N3O3/c1-20(2)27-23(38)19-34(36-29(40)22-13-18-35-37(22)8)17-16-32(6)21(28(27)34)9-10-25-31(5)14-12-26(39)30(3,4)24(31)11-15-33(25,32)7/h13,18,20-21,24-26,39H,9-12,14-17,19H2,1-8H3,(H,36,40)/t21-,24+,25-,26+,31+,32-,33-,34-/m1/s1. The fourth-order valence-electron chi connectivity index (χ4n) is 11.6. The summed E-state index contributed by atoms with van der Waals surface area (Å²) in [4.78, 5) is 27.4. The van der Waals surface area contributed by atoms with Gasteiger partial charge < -0.3 is 10.4 Å². The van der Waals surface area contributed by atoms with Crippen molar-refractivity contribution in [2.75, 3.05) is 0 Å². The first-order chi connectivity index (χ1) is 18.6. The fraction of sp³-hybridized carbons (Fsp3) is 0.794. The summed E-state index contributed by atoms with van der Waals surface area (Å²) in [5.74, 6) is 1.66. The number of allylic oxidation sites excluding steroid dienone is 1. The third-order valence-corrected chi connectivity index (χ3v) is 13.8.